The van der Waals surface area contributed by atoms with Crippen LogP contribution in [0.5, 0.6) is 0 Å². The van der Waals surface area contributed by atoms with Crippen molar-refractivity contribution in [3.8, 4) is 0 Å². The summed E-state index contributed by atoms with van der Waals surface area (Å²) in [6.45, 7) is 0. The van der Waals surface area contributed by atoms with Crippen LogP contribution in [0.1, 0.15) is 0 Å². The maximum Gasteiger partial charge on any atom is 0.311 e. The molecular formula is C26H15N3O2S. The molecule has 7 aromatic rings. The first-order valence-electron chi connectivity index (χ1n) is 10.3. The fraction of sp³-hybridized carbons (Fsp3) is 0. The van der Waals surface area contributed by atoms with Crippen LogP contribution >= 0.6 is 11.3 Å². The van der Waals surface area contributed by atoms with Crippen molar-refractivity contribution in [3.63, 3.8) is 0 Å². The lowest BCUT2D eigenvalue weighted by atomic mass is 10.1. The van der Waals surface area contributed by atoms with E-state index >= 15 is 0 Å². The zero-order chi connectivity index (χ0) is 21.1. The second kappa shape index (κ2) is 6.67. The van der Waals surface area contributed by atoms with Gasteiger partial charge < -0.3 is 8.83 Å². The van der Waals surface area contributed by atoms with Gasteiger partial charge in [0.25, 0.3) is 0 Å². The average molecular weight is 433 g/mol. The third-order valence-electron chi connectivity index (χ3n) is 5.57. The Balaban J connectivity index is 1.49. The lowest BCUT2D eigenvalue weighted by molar-refractivity contribution is 0.566. The molecule has 32 heavy (non-hydrogen) atoms. The minimum absolute atomic E-state index is 0.414. The SMILES string of the molecule is c1ccc2oc(N(c3ccc4sc5ccccc5c4c3)c3nc4ccccc4o3)nc2c1. The molecule has 0 unspecified atom stereocenters. The highest BCUT2D eigenvalue weighted by molar-refractivity contribution is 7.25. The third kappa shape index (κ3) is 2.63. The molecule has 0 fully saturated rings. The molecule has 0 bridgehead atoms. The maximum absolute atomic E-state index is 6.13. The number of para-hydroxylation sites is 4. The van der Waals surface area contributed by atoms with Gasteiger partial charge in [0.2, 0.25) is 0 Å². The van der Waals surface area contributed by atoms with Crippen molar-refractivity contribution in [2.24, 2.45) is 0 Å². The van der Waals surface area contributed by atoms with Crippen LogP contribution in [0.3, 0.4) is 0 Å². The number of fused-ring (bicyclic) bond motifs is 5. The van der Waals surface area contributed by atoms with Crippen molar-refractivity contribution in [1.29, 1.82) is 0 Å². The number of hydrogen-bond donors (Lipinski definition) is 0. The Morgan fingerprint density at radius 2 is 1.19 bits per heavy atom. The van der Waals surface area contributed by atoms with Gasteiger partial charge in [0.05, 0.1) is 5.69 Å². The van der Waals surface area contributed by atoms with Gasteiger partial charge in [-0.1, -0.05) is 42.5 Å². The van der Waals surface area contributed by atoms with E-state index in [1.165, 1.54) is 20.2 Å². The third-order valence-corrected chi connectivity index (χ3v) is 6.72. The predicted molar refractivity (Wildman–Crippen MR) is 129 cm³/mol. The molecule has 7 rings (SSSR count). The van der Waals surface area contributed by atoms with Crippen LogP contribution in [0.15, 0.2) is 99.8 Å². The van der Waals surface area contributed by atoms with Gasteiger partial charge in [-0.25, -0.2) is 4.90 Å². The summed E-state index contributed by atoms with van der Waals surface area (Å²) in [5.41, 5.74) is 3.87. The number of thiophene rings is 1. The molecule has 0 spiro atoms. The Morgan fingerprint density at radius 3 is 1.88 bits per heavy atom. The number of benzene rings is 4. The Labute approximate surface area is 186 Å². The lowest BCUT2D eigenvalue weighted by Gasteiger charge is -2.16. The quantitative estimate of drug-likeness (QED) is 0.284. The highest BCUT2D eigenvalue weighted by atomic mass is 32.1. The van der Waals surface area contributed by atoms with Crippen LogP contribution < -0.4 is 4.90 Å². The molecule has 4 aromatic carbocycles. The maximum atomic E-state index is 6.13. The summed E-state index contributed by atoms with van der Waals surface area (Å²) >= 11 is 1.78. The van der Waals surface area contributed by atoms with E-state index in [9.17, 15) is 0 Å². The zero-order valence-electron chi connectivity index (χ0n) is 16.7. The normalized spacial score (nSPS) is 11.8. The molecule has 0 saturated heterocycles. The summed E-state index contributed by atoms with van der Waals surface area (Å²) in [4.78, 5) is 11.3. The van der Waals surface area contributed by atoms with Crippen LogP contribution in [-0.4, -0.2) is 9.97 Å². The number of rotatable bonds is 3. The summed E-state index contributed by atoms with van der Waals surface area (Å²) in [6.07, 6.45) is 0. The Bertz CT molecular complexity index is 1620. The van der Waals surface area contributed by atoms with E-state index in [4.69, 9.17) is 18.8 Å². The van der Waals surface area contributed by atoms with Crippen LogP contribution in [0, 0.1) is 0 Å². The zero-order valence-corrected chi connectivity index (χ0v) is 17.5. The second-order valence-electron chi connectivity index (χ2n) is 7.54. The second-order valence-corrected chi connectivity index (χ2v) is 8.63. The summed E-state index contributed by atoms with van der Waals surface area (Å²) in [7, 11) is 0. The first-order chi connectivity index (χ1) is 15.8. The van der Waals surface area contributed by atoms with Crippen LogP contribution in [0.4, 0.5) is 17.7 Å². The van der Waals surface area contributed by atoms with Crippen LogP contribution in [0.25, 0.3) is 42.4 Å². The Morgan fingerprint density at radius 1 is 0.594 bits per heavy atom. The summed E-state index contributed by atoms with van der Waals surface area (Å²) in [5.74, 6) is 0. The predicted octanol–water partition coefficient (Wildman–Crippen LogP) is 7.81. The van der Waals surface area contributed by atoms with Crippen molar-refractivity contribution in [2.75, 3.05) is 4.90 Å². The molecule has 0 aliphatic rings. The van der Waals surface area contributed by atoms with Gasteiger partial charge in [-0.15, -0.1) is 11.3 Å². The first-order valence-corrected chi connectivity index (χ1v) is 11.1. The summed E-state index contributed by atoms with van der Waals surface area (Å²) in [6, 6.07) is 31.1. The van der Waals surface area contributed by atoms with E-state index in [-0.39, 0.29) is 0 Å². The molecular weight excluding hydrogens is 418 g/mol. The Hall–Kier alpha value is -4.16. The molecule has 0 amide bonds. The number of oxazole rings is 2. The molecule has 0 atom stereocenters. The summed E-state index contributed by atoms with van der Waals surface area (Å²) < 4.78 is 14.8. The van der Waals surface area contributed by atoms with E-state index in [1.54, 1.807) is 11.3 Å². The van der Waals surface area contributed by atoms with Crippen molar-refractivity contribution in [3.05, 3.63) is 91.0 Å². The van der Waals surface area contributed by atoms with Gasteiger partial charge in [-0.3, -0.25) is 0 Å². The van der Waals surface area contributed by atoms with Gasteiger partial charge in [0.15, 0.2) is 11.2 Å². The highest BCUT2D eigenvalue weighted by Crippen LogP contribution is 2.41. The van der Waals surface area contributed by atoms with E-state index in [2.05, 4.69) is 42.5 Å². The molecule has 6 heteroatoms. The van der Waals surface area contributed by atoms with Crippen LogP contribution in [0.2, 0.25) is 0 Å². The topological polar surface area (TPSA) is 55.3 Å². The Kier molecular flexibility index (Phi) is 3.65. The molecule has 0 N–H and O–H groups in total. The van der Waals surface area contributed by atoms with Crippen molar-refractivity contribution in [2.45, 2.75) is 0 Å². The fourth-order valence-electron chi connectivity index (χ4n) is 4.07. The van der Waals surface area contributed by atoms with Crippen molar-refractivity contribution < 1.29 is 8.83 Å². The highest BCUT2D eigenvalue weighted by Gasteiger charge is 2.24. The average Bonchev–Trinajstić information content (AvgIpc) is 3.53. The van der Waals surface area contributed by atoms with E-state index < -0.39 is 0 Å². The van der Waals surface area contributed by atoms with E-state index in [1.807, 2.05) is 53.4 Å². The first kappa shape index (κ1) is 17.5. The summed E-state index contributed by atoms with van der Waals surface area (Å²) in [5, 5.41) is 2.41. The number of anilines is 3. The number of nitrogens with zero attached hydrogens (tertiary/aromatic N) is 3. The molecule has 0 saturated carbocycles. The van der Waals surface area contributed by atoms with Gasteiger partial charge >= 0.3 is 12.0 Å². The molecule has 0 aliphatic carbocycles. The van der Waals surface area contributed by atoms with Gasteiger partial charge in [-0.05, 0) is 48.5 Å². The molecule has 152 valence electrons. The van der Waals surface area contributed by atoms with Crippen LogP contribution in [-0.2, 0) is 0 Å². The van der Waals surface area contributed by atoms with Gasteiger partial charge in [-0.2, -0.15) is 9.97 Å². The molecule has 5 nitrogen and oxygen atoms in total. The minimum atomic E-state index is 0.414. The fourth-order valence-corrected chi connectivity index (χ4v) is 5.15. The van der Waals surface area contributed by atoms with Crippen molar-refractivity contribution in [1.82, 2.24) is 9.97 Å². The van der Waals surface area contributed by atoms with E-state index in [0.717, 1.165) is 16.7 Å². The standard InChI is InChI=1S/C26H15N3O2S/c1-6-12-23-17(7-1)18-15-16(13-14-24(18)32-23)29(25-27-19-8-2-4-10-21(19)30-25)26-28-20-9-3-5-11-22(20)31-26/h1-15H. The van der Waals surface area contributed by atoms with Gasteiger partial charge in [0, 0.05) is 20.2 Å². The largest absolute Gasteiger partial charge is 0.423 e. The van der Waals surface area contributed by atoms with Crippen molar-refractivity contribution >= 4 is 71.4 Å². The molecule has 3 aromatic heterocycles. The number of hydrogen-bond acceptors (Lipinski definition) is 6. The minimum Gasteiger partial charge on any atom is -0.423 e. The monoisotopic (exact) mass is 433 g/mol. The molecule has 0 radical (unpaired) electrons. The smallest absolute Gasteiger partial charge is 0.311 e. The number of aromatic nitrogens is 2. The lowest BCUT2D eigenvalue weighted by Crippen LogP contribution is -2.10. The van der Waals surface area contributed by atoms with E-state index in [0.29, 0.717) is 23.2 Å². The van der Waals surface area contributed by atoms with Gasteiger partial charge in [0.1, 0.15) is 11.0 Å². The molecule has 0 aliphatic heterocycles. The molecule has 3 heterocycles.